The number of aromatic nitrogens is 2. The number of halogens is 4. The lowest BCUT2D eigenvalue weighted by molar-refractivity contribution is -0.274. The Kier molecular flexibility index (Phi) is 3.94. The van der Waals surface area contributed by atoms with Crippen molar-refractivity contribution < 1.29 is 17.9 Å². The zero-order chi connectivity index (χ0) is 14.9. The quantitative estimate of drug-likeness (QED) is 0.787. The summed E-state index contributed by atoms with van der Waals surface area (Å²) in [6.45, 7) is 3.68. The molecule has 0 bridgehead atoms. The van der Waals surface area contributed by atoms with Gasteiger partial charge in [-0.15, -0.1) is 24.8 Å². The molecule has 0 spiro atoms. The fourth-order valence-electron chi connectivity index (χ4n) is 1.86. The Labute approximate surface area is 118 Å². The van der Waals surface area contributed by atoms with Gasteiger partial charge in [0.25, 0.3) is 0 Å². The Hall–Kier alpha value is -1.69. The molecule has 1 unspecified atom stereocenters. The van der Waals surface area contributed by atoms with Crippen LogP contribution in [0.2, 0.25) is 0 Å². The summed E-state index contributed by atoms with van der Waals surface area (Å²) < 4.78 is 41.6. The largest absolute Gasteiger partial charge is 0.573 e. The fraction of sp³-hybridized carbons (Fsp3) is 0.308. The highest BCUT2D eigenvalue weighted by Gasteiger charge is 2.31. The molecule has 0 saturated heterocycles. The van der Waals surface area contributed by atoms with Crippen LogP contribution in [0.25, 0.3) is 5.69 Å². The van der Waals surface area contributed by atoms with Gasteiger partial charge in [0.2, 0.25) is 0 Å². The van der Waals surface area contributed by atoms with Crippen molar-refractivity contribution in [3.05, 3.63) is 41.7 Å². The lowest BCUT2D eigenvalue weighted by atomic mass is 10.2. The van der Waals surface area contributed by atoms with Crippen molar-refractivity contribution in [2.45, 2.75) is 25.6 Å². The molecule has 0 aliphatic rings. The second-order valence-electron chi connectivity index (χ2n) is 4.25. The molecule has 2 rings (SSSR count). The highest BCUT2D eigenvalue weighted by Crippen LogP contribution is 2.26. The molecule has 0 saturated carbocycles. The van der Waals surface area contributed by atoms with Crippen LogP contribution in [0.1, 0.15) is 23.6 Å². The smallest absolute Gasteiger partial charge is 0.406 e. The molecule has 0 N–H and O–H groups in total. The number of hydrogen-bond donors (Lipinski definition) is 0. The molecule has 0 fully saturated rings. The Morgan fingerprint density at radius 1 is 1.25 bits per heavy atom. The van der Waals surface area contributed by atoms with Crippen LogP contribution < -0.4 is 4.74 Å². The van der Waals surface area contributed by atoms with Gasteiger partial charge in [0, 0.05) is 11.3 Å². The minimum absolute atomic E-state index is 0.184. The van der Waals surface area contributed by atoms with Crippen molar-refractivity contribution in [3.63, 3.8) is 0 Å². The number of alkyl halides is 4. The average molecular weight is 305 g/mol. The second kappa shape index (κ2) is 5.36. The number of benzene rings is 1. The van der Waals surface area contributed by atoms with E-state index in [2.05, 4.69) is 9.84 Å². The van der Waals surface area contributed by atoms with E-state index in [1.165, 1.54) is 24.3 Å². The van der Waals surface area contributed by atoms with Crippen LogP contribution in [0.4, 0.5) is 13.2 Å². The summed E-state index contributed by atoms with van der Waals surface area (Å²) in [5.74, 6) is -0.267. The Balaban J connectivity index is 2.26. The van der Waals surface area contributed by atoms with Crippen molar-refractivity contribution >= 4 is 11.6 Å². The lowest BCUT2D eigenvalue weighted by Crippen LogP contribution is -2.17. The fourth-order valence-corrected chi connectivity index (χ4v) is 2.08. The predicted octanol–water partition coefficient (Wildman–Crippen LogP) is 4.38. The minimum atomic E-state index is -4.69. The molecule has 0 aliphatic carbocycles. The molecule has 1 atom stereocenters. The second-order valence-corrected chi connectivity index (χ2v) is 4.91. The first-order valence-corrected chi connectivity index (χ1v) is 6.26. The van der Waals surface area contributed by atoms with E-state index in [0.29, 0.717) is 5.69 Å². The molecule has 108 valence electrons. The molecule has 1 heterocycles. The van der Waals surface area contributed by atoms with Gasteiger partial charge in [-0.1, -0.05) is 0 Å². The molecule has 1 aromatic carbocycles. The zero-order valence-electron chi connectivity index (χ0n) is 10.8. The molecule has 1 aromatic heterocycles. The van der Waals surface area contributed by atoms with Crippen LogP contribution in [0, 0.1) is 6.92 Å². The number of rotatable bonds is 3. The van der Waals surface area contributed by atoms with E-state index in [0.717, 1.165) is 11.3 Å². The van der Waals surface area contributed by atoms with Gasteiger partial charge in [0.05, 0.1) is 17.3 Å². The van der Waals surface area contributed by atoms with Crippen molar-refractivity contribution in [1.29, 1.82) is 0 Å². The molecule has 2 aromatic rings. The monoisotopic (exact) mass is 304 g/mol. The summed E-state index contributed by atoms with van der Waals surface area (Å²) in [4.78, 5) is 0. The molecule has 0 radical (unpaired) electrons. The highest BCUT2D eigenvalue weighted by atomic mass is 35.5. The van der Waals surface area contributed by atoms with Crippen molar-refractivity contribution in [2.75, 3.05) is 0 Å². The summed E-state index contributed by atoms with van der Waals surface area (Å²) >= 11 is 6.01. The molecular weight excluding hydrogens is 293 g/mol. The van der Waals surface area contributed by atoms with Crippen LogP contribution in [0.15, 0.2) is 30.5 Å². The van der Waals surface area contributed by atoms with E-state index in [-0.39, 0.29) is 11.1 Å². The number of hydrogen-bond acceptors (Lipinski definition) is 2. The van der Waals surface area contributed by atoms with Gasteiger partial charge in [-0.3, -0.25) is 0 Å². The molecule has 0 aliphatic heterocycles. The zero-order valence-corrected chi connectivity index (χ0v) is 11.5. The molecule has 0 amide bonds. The summed E-state index contributed by atoms with van der Waals surface area (Å²) in [5, 5.41) is 4.00. The number of nitrogens with zero attached hydrogens (tertiary/aromatic N) is 2. The maximum atomic E-state index is 12.1. The normalized spacial score (nSPS) is 13.3. The van der Waals surface area contributed by atoms with Crippen molar-refractivity contribution in [1.82, 2.24) is 9.78 Å². The summed E-state index contributed by atoms with van der Waals surface area (Å²) in [5.41, 5.74) is 2.36. The van der Waals surface area contributed by atoms with Crippen LogP contribution in [0.5, 0.6) is 5.75 Å². The predicted molar refractivity (Wildman–Crippen MR) is 69.3 cm³/mol. The topological polar surface area (TPSA) is 27.1 Å². The van der Waals surface area contributed by atoms with Crippen LogP contribution in [-0.2, 0) is 0 Å². The first kappa shape index (κ1) is 14.7. The van der Waals surface area contributed by atoms with E-state index in [1.54, 1.807) is 10.9 Å². The van der Waals surface area contributed by atoms with Gasteiger partial charge >= 0.3 is 6.36 Å². The van der Waals surface area contributed by atoms with Gasteiger partial charge in [-0.05, 0) is 38.1 Å². The Bertz CT molecular complexity index is 591. The molecule has 3 nitrogen and oxygen atoms in total. The summed E-state index contributed by atoms with van der Waals surface area (Å²) in [7, 11) is 0. The molecular formula is C13H12ClF3N2O. The third-order valence-corrected chi connectivity index (χ3v) is 3.03. The van der Waals surface area contributed by atoms with E-state index in [9.17, 15) is 13.2 Å². The van der Waals surface area contributed by atoms with Crippen molar-refractivity contribution in [3.8, 4) is 11.4 Å². The maximum absolute atomic E-state index is 12.1. The van der Waals surface area contributed by atoms with Crippen LogP contribution in [-0.4, -0.2) is 16.1 Å². The Morgan fingerprint density at radius 3 is 2.30 bits per heavy atom. The minimum Gasteiger partial charge on any atom is -0.406 e. The number of ether oxygens (including phenoxy) is 1. The van der Waals surface area contributed by atoms with Gasteiger partial charge in [0.1, 0.15) is 5.75 Å². The van der Waals surface area contributed by atoms with Crippen molar-refractivity contribution in [2.24, 2.45) is 0 Å². The van der Waals surface area contributed by atoms with E-state index in [4.69, 9.17) is 11.6 Å². The average Bonchev–Trinajstić information content (AvgIpc) is 2.70. The molecule has 7 heteroatoms. The lowest BCUT2D eigenvalue weighted by Gasteiger charge is -2.10. The first-order chi connectivity index (χ1) is 9.28. The van der Waals surface area contributed by atoms with Gasteiger partial charge < -0.3 is 4.74 Å². The van der Waals surface area contributed by atoms with E-state index in [1.807, 2.05) is 13.8 Å². The maximum Gasteiger partial charge on any atom is 0.573 e. The molecule has 20 heavy (non-hydrogen) atoms. The van der Waals surface area contributed by atoms with Crippen LogP contribution >= 0.6 is 11.6 Å². The highest BCUT2D eigenvalue weighted by molar-refractivity contribution is 6.20. The van der Waals surface area contributed by atoms with E-state index < -0.39 is 6.36 Å². The first-order valence-electron chi connectivity index (χ1n) is 5.82. The van der Waals surface area contributed by atoms with Gasteiger partial charge in [-0.2, -0.15) is 5.10 Å². The van der Waals surface area contributed by atoms with E-state index >= 15 is 0 Å². The van der Waals surface area contributed by atoms with Gasteiger partial charge in [-0.25, -0.2) is 4.68 Å². The summed E-state index contributed by atoms with van der Waals surface area (Å²) in [6.07, 6.45) is -3.04. The Morgan fingerprint density at radius 2 is 1.85 bits per heavy atom. The van der Waals surface area contributed by atoms with Crippen LogP contribution in [0.3, 0.4) is 0 Å². The third kappa shape index (κ3) is 3.25. The SMILES string of the molecule is Cc1c(C(C)Cl)cnn1-c1ccc(OC(F)(F)F)cc1. The standard InChI is InChI=1S/C13H12ClF3N2O/c1-8(14)12-7-18-19(9(12)2)10-3-5-11(6-4-10)20-13(15,16)17/h3-8H,1-2H3. The third-order valence-electron chi connectivity index (χ3n) is 2.79. The summed E-state index contributed by atoms with van der Waals surface area (Å²) in [6, 6.07) is 5.50. The van der Waals surface area contributed by atoms with Gasteiger partial charge in [0.15, 0.2) is 0 Å².